The summed E-state index contributed by atoms with van der Waals surface area (Å²) < 4.78 is 0. The fourth-order valence-corrected chi connectivity index (χ4v) is 4.54. The van der Waals surface area contributed by atoms with E-state index in [4.69, 9.17) is 4.98 Å². The summed E-state index contributed by atoms with van der Waals surface area (Å²) in [6, 6.07) is 4.00. The fourth-order valence-electron chi connectivity index (χ4n) is 3.39. The first kappa shape index (κ1) is 14.8. The number of nitrogens with one attached hydrogen (secondary N) is 1. The highest BCUT2D eigenvalue weighted by Crippen LogP contribution is 2.47. The Morgan fingerprint density at radius 3 is 3.04 bits per heavy atom. The molecule has 2 aliphatic carbocycles. The Bertz CT molecular complexity index is 689. The van der Waals surface area contributed by atoms with Crippen LogP contribution in [-0.4, -0.2) is 15.9 Å². The molecule has 3 atom stereocenters. The molecule has 0 spiro atoms. The summed E-state index contributed by atoms with van der Waals surface area (Å²) in [6.45, 7) is 2.05. The lowest BCUT2D eigenvalue weighted by Crippen LogP contribution is -2.28. The van der Waals surface area contributed by atoms with Gasteiger partial charge in [-0.2, -0.15) is 0 Å². The number of amides is 1. The third kappa shape index (κ3) is 3.02. The molecule has 4 nitrogen and oxygen atoms in total. The van der Waals surface area contributed by atoms with E-state index in [-0.39, 0.29) is 17.9 Å². The van der Waals surface area contributed by atoms with E-state index >= 15 is 0 Å². The molecule has 3 unspecified atom stereocenters. The molecular formula is C18H21N3OS. The normalized spacial score (nSPS) is 23.9. The Morgan fingerprint density at radius 1 is 1.39 bits per heavy atom. The first-order chi connectivity index (χ1) is 11.2. The monoisotopic (exact) mass is 327 g/mol. The van der Waals surface area contributed by atoms with Crippen molar-refractivity contribution < 1.29 is 4.79 Å². The lowest BCUT2D eigenvalue weighted by molar-refractivity contribution is -0.123. The predicted octanol–water partition coefficient (Wildman–Crippen LogP) is 3.40. The summed E-state index contributed by atoms with van der Waals surface area (Å²) in [5, 5.41) is 4.21. The minimum atomic E-state index is 0.00764. The topological polar surface area (TPSA) is 54.9 Å². The molecule has 23 heavy (non-hydrogen) atoms. The molecule has 1 fully saturated rings. The second-order valence-electron chi connectivity index (χ2n) is 6.59. The number of nitrogens with zero attached hydrogens (tertiary/aromatic N) is 2. The van der Waals surface area contributed by atoms with Gasteiger partial charge < -0.3 is 5.32 Å². The Kier molecular flexibility index (Phi) is 3.89. The van der Waals surface area contributed by atoms with Crippen molar-refractivity contribution in [2.24, 2.45) is 5.92 Å². The van der Waals surface area contributed by atoms with Crippen LogP contribution in [0.1, 0.15) is 59.3 Å². The van der Waals surface area contributed by atoms with E-state index in [1.165, 1.54) is 29.0 Å². The van der Waals surface area contributed by atoms with Crippen LogP contribution in [0.3, 0.4) is 0 Å². The van der Waals surface area contributed by atoms with Crippen LogP contribution >= 0.6 is 11.3 Å². The van der Waals surface area contributed by atoms with E-state index in [0.717, 1.165) is 24.3 Å². The van der Waals surface area contributed by atoms with E-state index in [2.05, 4.69) is 16.4 Å². The Balaban J connectivity index is 1.38. The fraction of sp³-hybridized carbons (Fsp3) is 0.500. The van der Waals surface area contributed by atoms with E-state index in [1.807, 2.05) is 19.2 Å². The molecule has 2 aliphatic rings. The Labute approximate surface area is 140 Å². The van der Waals surface area contributed by atoms with E-state index in [1.54, 1.807) is 17.5 Å². The second-order valence-corrected chi connectivity index (χ2v) is 7.71. The van der Waals surface area contributed by atoms with E-state index < -0.39 is 0 Å². The molecular weight excluding hydrogens is 306 g/mol. The van der Waals surface area contributed by atoms with Crippen LogP contribution in [-0.2, 0) is 17.6 Å². The lowest BCUT2D eigenvalue weighted by atomic mass is 10.0. The number of pyridine rings is 1. The van der Waals surface area contributed by atoms with Gasteiger partial charge in [-0.15, -0.1) is 11.3 Å². The van der Waals surface area contributed by atoms with Gasteiger partial charge in [-0.3, -0.25) is 9.78 Å². The van der Waals surface area contributed by atoms with Gasteiger partial charge in [0.25, 0.3) is 0 Å². The minimum Gasteiger partial charge on any atom is -0.347 e. The molecule has 0 aromatic carbocycles. The highest BCUT2D eigenvalue weighted by atomic mass is 32.1. The molecule has 120 valence electrons. The largest absolute Gasteiger partial charge is 0.347 e. The van der Waals surface area contributed by atoms with Crippen molar-refractivity contribution in [1.82, 2.24) is 15.3 Å². The maximum absolute atomic E-state index is 12.5. The lowest BCUT2D eigenvalue weighted by Gasteiger charge is -2.11. The van der Waals surface area contributed by atoms with Gasteiger partial charge in [0.15, 0.2) is 0 Å². The van der Waals surface area contributed by atoms with Crippen molar-refractivity contribution >= 4 is 17.2 Å². The van der Waals surface area contributed by atoms with Crippen molar-refractivity contribution in [3.8, 4) is 0 Å². The Morgan fingerprint density at radius 2 is 2.26 bits per heavy atom. The van der Waals surface area contributed by atoms with Gasteiger partial charge in [0, 0.05) is 23.2 Å². The van der Waals surface area contributed by atoms with Gasteiger partial charge in [-0.05, 0) is 56.6 Å². The van der Waals surface area contributed by atoms with Crippen molar-refractivity contribution in [2.45, 2.75) is 51.0 Å². The van der Waals surface area contributed by atoms with E-state index in [9.17, 15) is 4.79 Å². The number of aromatic nitrogens is 2. The number of thiazole rings is 1. The van der Waals surface area contributed by atoms with Crippen LogP contribution in [0.15, 0.2) is 24.5 Å². The highest BCUT2D eigenvalue weighted by molar-refractivity contribution is 7.11. The molecule has 1 N–H and O–H groups in total. The van der Waals surface area contributed by atoms with Gasteiger partial charge in [-0.1, -0.05) is 6.07 Å². The van der Waals surface area contributed by atoms with Crippen LogP contribution in [0.5, 0.6) is 0 Å². The number of hydrogen-bond donors (Lipinski definition) is 1. The summed E-state index contributed by atoms with van der Waals surface area (Å²) in [4.78, 5) is 22.8. The molecule has 0 radical (unpaired) electrons. The van der Waals surface area contributed by atoms with Crippen LogP contribution in [0.4, 0.5) is 0 Å². The van der Waals surface area contributed by atoms with Crippen molar-refractivity contribution in [1.29, 1.82) is 0 Å². The average Bonchev–Trinajstić information content (AvgIpc) is 3.27. The van der Waals surface area contributed by atoms with Crippen molar-refractivity contribution in [2.75, 3.05) is 0 Å². The van der Waals surface area contributed by atoms with Gasteiger partial charge in [0.2, 0.25) is 5.91 Å². The third-order valence-electron chi connectivity index (χ3n) is 4.83. The van der Waals surface area contributed by atoms with Crippen LogP contribution in [0.25, 0.3) is 0 Å². The first-order valence-electron chi connectivity index (χ1n) is 8.41. The second kappa shape index (κ2) is 6.04. The summed E-state index contributed by atoms with van der Waals surface area (Å²) in [6.07, 6.45) is 9.33. The quantitative estimate of drug-likeness (QED) is 0.936. The van der Waals surface area contributed by atoms with Crippen LogP contribution in [0, 0.1) is 5.92 Å². The van der Waals surface area contributed by atoms with Gasteiger partial charge in [0.05, 0.1) is 11.7 Å². The minimum absolute atomic E-state index is 0.00764. The van der Waals surface area contributed by atoms with Gasteiger partial charge in [-0.25, -0.2) is 4.98 Å². The summed E-state index contributed by atoms with van der Waals surface area (Å²) in [5.74, 6) is 0.580. The zero-order valence-corrected chi connectivity index (χ0v) is 14.1. The van der Waals surface area contributed by atoms with Crippen LogP contribution in [0.2, 0.25) is 0 Å². The number of hydrogen-bond acceptors (Lipinski definition) is 4. The molecule has 2 aromatic heterocycles. The standard InChI is InChI=1S/C18H21N3OS/c1-11(18-21-15-6-2-3-7-16(15)23-18)20-17(22)14-9-13(14)12-5-4-8-19-10-12/h4-5,8,10-11,13-14H,2-3,6-7,9H2,1H3,(H,20,22). The smallest absolute Gasteiger partial charge is 0.224 e. The number of aryl methyl sites for hydroxylation is 2. The molecule has 0 saturated heterocycles. The van der Waals surface area contributed by atoms with E-state index in [0.29, 0.717) is 5.92 Å². The summed E-state index contributed by atoms with van der Waals surface area (Å²) in [5.41, 5.74) is 2.43. The molecule has 4 rings (SSSR count). The summed E-state index contributed by atoms with van der Waals surface area (Å²) in [7, 11) is 0. The van der Waals surface area contributed by atoms with Gasteiger partial charge >= 0.3 is 0 Å². The van der Waals surface area contributed by atoms with Gasteiger partial charge in [0.1, 0.15) is 5.01 Å². The molecule has 0 bridgehead atoms. The molecule has 2 aromatic rings. The first-order valence-corrected chi connectivity index (χ1v) is 9.23. The SMILES string of the molecule is CC(NC(=O)C1CC1c1cccnc1)c1nc2c(s1)CCCC2. The highest BCUT2D eigenvalue weighted by Gasteiger charge is 2.44. The van der Waals surface area contributed by atoms with Crippen molar-refractivity contribution in [3.05, 3.63) is 45.7 Å². The van der Waals surface area contributed by atoms with Crippen molar-refractivity contribution in [3.63, 3.8) is 0 Å². The maximum Gasteiger partial charge on any atom is 0.224 e. The molecule has 5 heteroatoms. The predicted molar refractivity (Wildman–Crippen MR) is 90.4 cm³/mol. The number of rotatable bonds is 4. The molecule has 1 saturated carbocycles. The molecule has 1 amide bonds. The van der Waals surface area contributed by atoms with Crippen LogP contribution < -0.4 is 5.32 Å². The average molecular weight is 327 g/mol. The summed E-state index contributed by atoms with van der Waals surface area (Å²) >= 11 is 1.78. The number of carbonyl (C=O) groups excluding carboxylic acids is 1. The number of carbonyl (C=O) groups is 1. The maximum atomic E-state index is 12.5. The number of fused-ring (bicyclic) bond motifs is 1. The molecule has 0 aliphatic heterocycles. The zero-order chi connectivity index (χ0) is 15.8. The zero-order valence-electron chi connectivity index (χ0n) is 13.3. The third-order valence-corrected chi connectivity index (χ3v) is 6.17. The Hall–Kier alpha value is -1.75. The molecule has 2 heterocycles.